The SMILES string of the molecule is NC(=O)CCCNC(=O)Nc1ccc(N)cc1. The molecule has 0 aromatic heterocycles. The van der Waals surface area contributed by atoms with E-state index in [1.54, 1.807) is 24.3 Å². The van der Waals surface area contributed by atoms with Crippen molar-refractivity contribution in [2.75, 3.05) is 17.6 Å². The number of amides is 3. The first-order valence-corrected chi connectivity index (χ1v) is 5.26. The molecule has 6 N–H and O–H groups in total. The van der Waals surface area contributed by atoms with Crippen LogP contribution < -0.4 is 22.1 Å². The summed E-state index contributed by atoms with van der Waals surface area (Å²) in [4.78, 5) is 21.8. The molecule has 92 valence electrons. The molecule has 0 saturated carbocycles. The van der Waals surface area contributed by atoms with Gasteiger partial charge in [0.2, 0.25) is 5.91 Å². The second kappa shape index (κ2) is 6.37. The normalized spacial score (nSPS) is 9.65. The molecule has 0 saturated heterocycles. The number of nitrogen functional groups attached to an aromatic ring is 1. The maximum atomic E-state index is 11.4. The molecule has 0 fully saturated rings. The van der Waals surface area contributed by atoms with Crippen LogP contribution in [-0.2, 0) is 4.79 Å². The third kappa shape index (κ3) is 5.41. The molecular weight excluding hydrogens is 220 g/mol. The summed E-state index contributed by atoms with van der Waals surface area (Å²) in [7, 11) is 0. The molecule has 3 amide bonds. The fourth-order valence-corrected chi connectivity index (χ4v) is 1.21. The van der Waals surface area contributed by atoms with Crippen LogP contribution in [0.1, 0.15) is 12.8 Å². The van der Waals surface area contributed by atoms with Gasteiger partial charge in [0.05, 0.1) is 0 Å². The highest BCUT2D eigenvalue weighted by atomic mass is 16.2. The number of nitrogens with two attached hydrogens (primary N) is 2. The molecule has 0 radical (unpaired) electrons. The number of primary amides is 1. The Morgan fingerprint density at radius 2 is 1.82 bits per heavy atom. The Hall–Kier alpha value is -2.24. The van der Waals surface area contributed by atoms with E-state index in [9.17, 15) is 9.59 Å². The molecule has 6 nitrogen and oxygen atoms in total. The summed E-state index contributed by atoms with van der Waals surface area (Å²) in [5.74, 6) is -0.370. The molecule has 0 unspecified atom stereocenters. The van der Waals surface area contributed by atoms with E-state index in [0.717, 1.165) is 0 Å². The lowest BCUT2D eigenvalue weighted by Gasteiger charge is -2.07. The van der Waals surface area contributed by atoms with Gasteiger partial charge in [0, 0.05) is 24.3 Å². The molecule has 17 heavy (non-hydrogen) atoms. The Balaban J connectivity index is 2.25. The van der Waals surface area contributed by atoms with Gasteiger partial charge in [0.1, 0.15) is 0 Å². The largest absolute Gasteiger partial charge is 0.399 e. The number of hydrogen-bond donors (Lipinski definition) is 4. The molecule has 0 spiro atoms. The average molecular weight is 236 g/mol. The molecule has 0 aliphatic carbocycles. The highest BCUT2D eigenvalue weighted by molar-refractivity contribution is 5.89. The van der Waals surface area contributed by atoms with Gasteiger partial charge in [-0.2, -0.15) is 0 Å². The number of rotatable bonds is 5. The number of hydrogen-bond acceptors (Lipinski definition) is 3. The zero-order valence-corrected chi connectivity index (χ0v) is 9.40. The molecule has 1 aromatic rings. The summed E-state index contributed by atoms with van der Waals surface area (Å²) in [5, 5.41) is 5.25. The lowest BCUT2D eigenvalue weighted by atomic mass is 10.3. The predicted molar refractivity (Wildman–Crippen MR) is 66.3 cm³/mol. The maximum Gasteiger partial charge on any atom is 0.319 e. The van der Waals surface area contributed by atoms with Crippen molar-refractivity contribution in [3.8, 4) is 0 Å². The van der Waals surface area contributed by atoms with Crippen LogP contribution in [0.4, 0.5) is 16.2 Å². The number of urea groups is 1. The van der Waals surface area contributed by atoms with Crippen LogP contribution in [0.5, 0.6) is 0 Å². The fraction of sp³-hybridized carbons (Fsp3) is 0.273. The maximum absolute atomic E-state index is 11.4. The lowest BCUT2D eigenvalue weighted by molar-refractivity contribution is -0.118. The Morgan fingerprint density at radius 1 is 1.18 bits per heavy atom. The molecule has 0 aliphatic rings. The van der Waals surface area contributed by atoms with Crippen LogP contribution >= 0.6 is 0 Å². The monoisotopic (exact) mass is 236 g/mol. The van der Waals surface area contributed by atoms with Crippen molar-refractivity contribution in [2.24, 2.45) is 5.73 Å². The van der Waals surface area contributed by atoms with Gasteiger partial charge >= 0.3 is 6.03 Å². The van der Waals surface area contributed by atoms with Crippen molar-refractivity contribution < 1.29 is 9.59 Å². The Labute approximate surface area is 99.4 Å². The molecule has 1 rings (SSSR count). The zero-order chi connectivity index (χ0) is 12.7. The first-order chi connectivity index (χ1) is 8.08. The van der Waals surface area contributed by atoms with Crippen molar-refractivity contribution >= 4 is 23.3 Å². The van der Waals surface area contributed by atoms with Gasteiger partial charge in [-0.1, -0.05) is 0 Å². The molecule has 6 heteroatoms. The third-order valence-electron chi connectivity index (χ3n) is 2.05. The molecule has 1 aromatic carbocycles. The van der Waals surface area contributed by atoms with Crippen molar-refractivity contribution in [2.45, 2.75) is 12.8 Å². The van der Waals surface area contributed by atoms with E-state index in [-0.39, 0.29) is 18.4 Å². The van der Waals surface area contributed by atoms with Gasteiger partial charge in [-0.05, 0) is 30.7 Å². The van der Waals surface area contributed by atoms with Gasteiger partial charge < -0.3 is 22.1 Å². The van der Waals surface area contributed by atoms with Crippen LogP contribution in [-0.4, -0.2) is 18.5 Å². The molecular formula is C11H16N4O2. The number of anilines is 2. The summed E-state index contributed by atoms with van der Waals surface area (Å²) >= 11 is 0. The van der Waals surface area contributed by atoms with Crippen molar-refractivity contribution in [1.29, 1.82) is 0 Å². The second-order valence-electron chi connectivity index (χ2n) is 3.57. The van der Waals surface area contributed by atoms with E-state index in [1.165, 1.54) is 0 Å². The fourth-order valence-electron chi connectivity index (χ4n) is 1.21. The smallest absolute Gasteiger partial charge is 0.319 e. The summed E-state index contributed by atoms with van der Waals surface area (Å²) in [6.45, 7) is 0.406. The lowest BCUT2D eigenvalue weighted by Crippen LogP contribution is -2.30. The van der Waals surface area contributed by atoms with Crippen LogP contribution in [0.3, 0.4) is 0 Å². The van der Waals surface area contributed by atoms with Crippen molar-refractivity contribution in [3.63, 3.8) is 0 Å². The quantitative estimate of drug-likeness (QED) is 0.445. The molecule has 0 atom stereocenters. The van der Waals surface area contributed by atoms with Crippen LogP contribution in [0.25, 0.3) is 0 Å². The van der Waals surface area contributed by atoms with Gasteiger partial charge in [-0.15, -0.1) is 0 Å². The van der Waals surface area contributed by atoms with Crippen LogP contribution in [0, 0.1) is 0 Å². The number of benzene rings is 1. The first-order valence-electron chi connectivity index (χ1n) is 5.26. The average Bonchev–Trinajstić information content (AvgIpc) is 2.27. The minimum absolute atomic E-state index is 0.266. The minimum atomic E-state index is -0.370. The first kappa shape index (κ1) is 12.8. The predicted octanol–water partition coefficient (Wildman–Crippen LogP) is 0.656. The third-order valence-corrected chi connectivity index (χ3v) is 2.05. The van der Waals surface area contributed by atoms with Crippen LogP contribution in [0.15, 0.2) is 24.3 Å². The van der Waals surface area contributed by atoms with E-state index in [2.05, 4.69) is 10.6 Å². The van der Waals surface area contributed by atoms with E-state index in [1.807, 2.05) is 0 Å². The standard InChI is InChI=1S/C11H16N4O2/c12-8-3-5-9(6-4-8)15-11(17)14-7-1-2-10(13)16/h3-6H,1-2,7,12H2,(H2,13,16)(H2,14,15,17). The topological polar surface area (TPSA) is 110 Å². The van der Waals surface area contributed by atoms with E-state index < -0.39 is 0 Å². The highest BCUT2D eigenvalue weighted by Crippen LogP contribution is 2.09. The number of nitrogens with one attached hydrogen (secondary N) is 2. The summed E-state index contributed by atoms with van der Waals surface area (Å²) in [6, 6.07) is 6.49. The number of carbonyl (C=O) groups is 2. The van der Waals surface area contributed by atoms with E-state index >= 15 is 0 Å². The highest BCUT2D eigenvalue weighted by Gasteiger charge is 2.01. The van der Waals surface area contributed by atoms with Crippen molar-refractivity contribution in [3.05, 3.63) is 24.3 Å². The minimum Gasteiger partial charge on any atom is -0.399 e. The van der Waals surface area contributed by atoms with Gasteiger partial charge in [-0.25, -0.2) is 4.79 Å². The molecule has 0 aliphatic heterocycles. The van der Waals surface area contributed by atoms with E-state index in [0.29, 0.717) is 24.3 Å². The summed E-state index contributed by atoms with van der Waals surface area (Å²) in [6.07, 6.45) is 0.798. The molecule has 0 heterocycles. The van der Waals surface area contributed by atoms with E-state index in [4.69, 9.17) is 11.5 Å². The Kier molecular flexibility index (Phi) is 4.80. The Morgan fingerprint density at radius 3 is 2.41 bits per heavy atom. The molecule has 0 bridgehead atoms. The number of carbonyl (C=O) groups excluding carboxylic acids is 2. The second-order valence-corrected chi connectivity index (χ2v) is 3.57. The van der Waals surface area contributed by atoms with Gasteiger partial charge in [0.25, 0.3) is 0 Å². The van der Waals surface area contributed by atoms with Crippen LogP contribution in [0.2, 0.25) is 0 Å². The zero-order valence-electron chi connectivity index (χ0n) is 9.40. The summed E-state index contributed by atoms with van der Waals surface area (Å²) in [5.41, 5.74) is 11.8. The van der Waals surface area contributed by atoms with Gasteiger partial charge in [0.15, 0.2) is 0 Å². The Bertz CT molecular complexity index is 389. The van der Waals surface area contributed by atoms with Gasteiger partial charge in [-0.3, -0.25) is 4.79 Å². The van der Waals surface area contributed by atoms with Crippen molar-refractivity contribution in [1.82, 2.24) is 5.32 Å². The summed E-state index contributed by atoms with van der Waals surface area (Å²) < 4.78 is 0.